The summed E-state index contributed by atoms with van der Waals surface area (Å²) in [6.07, 6.45) is 6.65. The van der Waals surface area contributed by atoms with Crippen LogP contribution in [0.3, 0.4) is 0 Å². The van der Waals surface area contributed by atoms with Crippen molar-refractivity contribution in [3.05, 3.63) is 0 Å². The van der Waals surface area contributed by atoms with Gasteiger partial charge in [0.1, 0.15) is 0 Å². The van der Waals surface area contributed by atoms with Crippen LogP contribution in [-0.2, 0) is 4.74 Å². The fourth-order valence-electron chi connectivity index (χ4n) is 1.65. The van der Waals surface area contributed by atoms with E-state index in [1.165, 1.54) is 19.3 Å². The Labute approximate surface area is 93.0 Å². The van der Waals surface area contributed by atoms with E-state index in [1.54, 1.807) is 0 Å². The van der Waals surface area contributed by atoms with Gasteiger partial charge < -0.3 is 15.6 Å². The number of hydrogen-bond donors (Lipinski definition) is 2. The van der Waals surface area contributed by atoms with Gasteiger partial charge in [0.15, 0.2) is 0 Å². The average Bonchev–Trinajstić information content (AvgIpc) is 3.06. The van der Waals surface area contributed by atoms with E-state index >= 15 is 0 Å². The molecule has 0 aromatic carbocycles. The maximum atomic E-state index is 9.10. The van der Waals surface area contributed by atoms with Crippen molar-refractivity contribution in [1.82, 2.24) is 0 Å². The third-order valence-electron chi connectivity index (χ3n) is 3.35. The summed E-state index contributed by atoms with van der Waals surface area (Å²) in [6, 6.07) is 0. The zero-order valence-electron chi connectivity index (χ0n) is 9.87. The normalized spacial score (nSPS) is 20.2. The van der Waals surface area contributed by atoms with Crippen LogP contribution in [0.15, 0.2) is 0 Å². The molecule has 1 saturated carbocycles. The molecule has 1 rings (SSSR count). The Hall–Kier alpha value is -0.120. The molecule has 90 valence electrons. The van der Waals surface area contributed by atoms with Crippen LogP contribution >= 0.6 is 0 Å². The van der Waals surface area contributed by atoms with Gasteiger partial charge in [0.05, 0.1) is 6.61 Å². The van der Waals surface area contributed by atoms with Crippen molar-refractivity contribution in [3.63, 3.8) is 0 Å². The number of hydrogen-bond acceptors (Lipinski definition) is 3. The summed E-state index contributed by atoms with van der Waals surface area (Å²) in [5.41, 5.74) is 5.57. The molecule has 1 unspecified atom stereocenters. The van der Waals surface area contributed by atoms with E-state index < -0.39 is 0 Å². The smallest absolute Gasteiger partial charge is 0.0611 e. The quantitative estimate of drug-likeness (QED) is 0.575. The van der Waals surface area contributed by atoms with Gasteiger partial charge in [-0.25, -0.2) is 0 Å². The molecule has 0 saturated heterocycles. The Morgan fingerprint density at radius 1 is 1.40 bits per heavy atom. The number of ether oxygens (including phenoxy) is 1. The molecule has 0 aliphatic heterocycles. The van der Waals surface area contributed by atoms with Gasteiger partial charge in [0, 0.05) is 18.8 Å². The van der Waals surface area contributed by atoms with Crippen molar-refractivity contribution < 1.29 is 9.84 Å². The lowest BCUT2D eigenvalue weighted by atomic mass is 9.93. The second kappa shape index (κ2) is 6.46. The lowest BCUT2D eigenvalue weighted by molar-refractivity contribution is 0.110. The average molecular weight is 215 g/mol. The minimum Gasteiger partial charge on any atom is -0.394 e. The number of aliphatic hydroxyl groups is 1. The summed E-state index contributed by atoms with van der Waals surface area (Å²) in [4.78, 5) is 0. The highest BCUT2D eigenvalue weighted by molar-refractivity contribution is 4.81. The van der Waals surface area contributed by atoms with Crippen molar-refractivity contribution in [2.24, 2.45) is 11.7 Å². The number of aliphatic hydroxyl groups excluding tert-OH is 1. The summed E-state index contributed by atoms with van der Waals surface area (Å²) < 4.78 is 5.53. The zero-order valence-corrected chi connectivity index (χ0v) is 9.87. The molecular formula is C12H25NO2. The van der Waals surface area contributed by atoms with Gasteiger partial charge in [-0.05, 0) is 31.6 Å². The minimum absolute atomic E-state index is 0.0750. The third kappa shape index (κ3) is 5.50. The highest BCUT2D eigenvalue weighted by atomic mass is 16.5. The minimum atomic E-state index is -0.389. The highest BCUT2D eigenvalue weighted by Gasteiger charge is 2.21. The summed E-state index contributed by atoms with van der Waals surface area (Å²) in [5.74, 6) is 0.951. The van der Waals surface area contributed by atoms with E-state index in [-0.39, 0.29) is 12.1 Å². The van der Waals surface area contributed by atoms with E-state index in [0.29, 0.717) is 0 Å². The fraction of sp³-hybridized carbons (Fsp3) is 1.00. The Kier molecular flexibility index (Phi) is 5.58. The Bertz CT molecular complexity index is 165. The molecular weight excluding hydrogens is 190 g/mol. The Morgan fingerprint density at radius 3 is 2.67 bits per heavy atom. The van der Waals surface area contributed by atoms with Gasteiger partial charge in [-0.1, -0.05) is 19.8 Å². The molecule has 0 aromatic heterocycles. The first-order chi connectivity index (χ1) is 7.20. The molecule has 1 atom stereocenters. The molecule has 1 aliphatic carbocycles. The topological polar surface area (TPSA) is 55.5 Å². The lowest BCUT2D eigenvalue weighted by Gasteiger charge is -2.25. The molecule has 15 heavy (non-hydrogen) atoms. The zero-order chi connectivity index (χ0) is 11.1. The predicted octanol–water partition coefficient (Wildman–Crippen LogP) is 1.68. The van der Waals surface area contributed by atoms with Crippen molar-refractivity contribution in [2.45, 2.75) is 51.0 Å². The molecule has 3 nitrogen and oxygen atoms in total. The monoisotopic (exact) mass is 215 g/mol. The standard InChI is InChI=1S/C12H25NO2/c1-2-12(13,10-14)7-3-8-15-9-6-11-4-5-11/h11,14H,2-10,13H2,1H3. The van der Waals surface area contributed by atoms with Crippen molar-refractivity contribution >= 4 is 0 Å². The molecule has 3 N–H and O–H groups in total. The van der Waals surface area contributed by atoms with E-state index in [2.05, 4.69) is 0 Å². The first-order valence-corrected chi connectivity index (χ1v) is 6.17. The van der Waals surface area contributed by atoms with Crippen molar-refractivity contribution in [1.29, 1.82) is 0 Å². The molecule has 0 radical (unpaired) electrons. The van der Waals surface area contributed by atoms with Crippen LogP contribution in [-0.4, -0.2) is 30.5 Å². The van der Waals surface area contributed by atoms with Gasteiger partial charge in [0.2, 0.25) is 0 Å². The Balaban J connectivity index is 1.90. The van der Waals surface area contributed by atoms with Crippen molar-refractivity contribution in [3.8, 4) is 0 Å². The van der Waals surface area contributed by atoms with E-state index in [1.807, 2.05) is 6.92 Å². The van der Waals surface area contributed by atoms with E-state index in [9.17, 15) is 0 Å². The van der Waals surface area contributed by atoms with Gasteiger partial charge in [0.25, 0.3) is 0 Å². The second-order valence-corrected chi connectivity index (χ2v) is 4.82. The van der Waals surface area contributed by atoms with E-state index in [4.69, 9.17) is 15.6 Å². The summed E-state index contributed by atoms with van der Waals surface area (Å²) in [5, 5.41) is 9.10. The SMILES string of the molecule is CCC(N)(CO)CCCOCCC1CC1. The van der Waals surface area contributed by atoms with Crippen LogP contribution in [0.2, 0.25) is 0 Å². The predicted molar refractivity (Wildman–Crippen MR) is 61.7 cm³/mol. The Morgan fingerprint density at radius 2 is 2.13 bits per heavy atom. The molecule has 0 spiro atoms. The van der Waals surface area contributed by atoms with Crippen LogP contribution in [0.1, 0.15) is 45.4 Å². The number of nitrogens with two attached hydrogens (primary N) is 1. The molecule has 0 amide bonds. The van der Waals surface area contributed by atoms with E-state index in [0.717, 1.165) is 38.4 Å². The molecule has 3 heteroatoms. The van der Waals surface area contributed by atoms with Gasteiger partial charge >= 0.3 is 0 Å². The first-order valence-electron chi connectivity index (χ1n) is 6.17. The van der Waals surface area contributed by atoms with Crippen LogP contribution in [0, 0.1) is 5.92 Å². The van der Waals surface area contributed by atoms with Gasteiger partial charge in [-0.2, -0.15) is 0 Å². The second-order valence-electron chi connectivity index (χ2n) is 4.82. The maximum Gasteiger partial charge on any atom is 0.0611 e. The fourth-order valence-corrected chi connectivity index (χ4v) is 1.65. The molecule has 0 heterocycles. The lowest BCUT2D eigenvalue weighted by Crippen LogP contribution is -2.43. The molecule has 1 aliphatic rings. The largest absolute Gasteiger partial charge is 0.394 e. The van der Waals surface area contributed by atoms with Crippen LogP contribution < -0.4 is 5.73 Å². The van der Waals surface area contributed by atoms with Gasteiger partial charge in [-0.15, -0.1) is 0 Å². The van der Waals surface area contributed by atoms with Crippen LogP contribution in [0.25, 0.3) is 0 Å². The highest BCUT2D eigenvalue weighted by Crippen LogP contribution is 2.32. The van der Waals surface area contributed by atoms with Crippen molar-refractivity contribution in [2.75, 3.05) is 19.8 Å². The molecule has 0 bridgehead atoms. The van der Waals surface area contributed by atoms with Crippen LogP contribution in [0.5, 0.6) is 0 Å². The summed E-state index contributed by atoms with van der Waals surface area (Å²) in [7, 11) is 0. The molecule has 1 fully saturated rings. The molecule has 0 aromatic rings. The first kappa shape index (κ1) is 12.9. The number of rotatable bonds is 9. The summed E-state index contributed by atoms with van der Waals surface area (Å²) in [6.45, 7) is 3.77. The third-order valence-corrected chi connectivity index (χ3v) is 3.35. The summed E-state index contributed by atoms with van der Waals surface area (Å²) >= 11 is 0. The maximum absolute atomic E-state index is 9.10. The van der Waals surface area contributed by atoms with Crippen LogP contribution in [0.4, 0.5) is 0 Å². The van der Waals surface area contributed by atoms with Gasteiger partial charge in [-0.3, -0.25) is 0 Å².